The van der Waals surface area contributed by atoms with Gasteiger partial charge in [0, 0.05) is 30.6 Å². The number of hydrogen-bond acceptors (Lipinski definition) is 3. The van der Waals surface area contributed by atoms with E-state index in [-0.39, 0.29) is 0 Å². The van der Waals surface area contributed by atoms with Crippen molar-refractivity contribution < 1.29 is 0 Å². The van der Waals surface area contributed by atoms with E-state index in [4.69, 9.17) is 5.73 Å². The second kappa shape index (κ2) is 4.05. The molecule has 2 rings (SSSR count). The molecule has 0 amide bonds. The second-order valence-electron chi connectivity index (χ2n) is 4.29. The quantitative estimate of drug-likeness (QED) is 0.735. The lowest BCUT2D eigenvalue weighted by Crippen LogP contribution is -2.31. The molecule has 1 aromatic heterocycles. The molecule has 14 heavy (non-hydrogen) atoms. The minimum atomic E-state index is 0.346. The maximum Gasteiger partial charge on any atom is 0.0620 e. The first-order valence-electron chi connectivity index (χ1n) is 5.29. The molecule has 3 unspecified atom stereocenters. The van der Waals surface area contributed by atoms with E-state index in [9.17, 15) is 0 Å². The van der Waals surface area contributed by atoms with Gasteiger partial charge in [0.15, 0.2) is 0 Å². The first kappa shape index (κ1) is 9.59. The summed E-state index contributed by atoms with van der Waals surface area (Å²) in [6, 6.07) is 0.346. The smallest absolute Gasteiger partial charge is 0.0620 e. The maximum absolute atomic E-state index is 5.98. The molecule has 1 heterocycles. The van der Waals surface area contributed by atoms with Crippen LogP contribution >= 0.6 is 0 Å². The first-order chi connectivity index (χ1) is 6.77. The molecule has 1 aliphatic rings. The van der Waals surface area contributed by atoms with E-state index < -0.39 is 0 Å². The van der Waals surface area contributed by atoms with Crippen molar-refractivity contribution in [2.24, 2.45) is 11.7 Å². The molecule has 3 nitrogen and oxygen atoms in total. The SMILES string of the molecule is CC1CCC(N)CC1c1cnccn1. The van der Waals surface area contributed by atoms with E-state index in [1.165, 1.54) is 6.42 Å². The molecule has 1 fully saturated rings. The van der Waals surface area contributed by atoms with Crippen LogP contribution in [-0.4, -0.2) is 16.0 Å². The van der Waals surface area contributed by atoms with Crippen molar-refractivity contribution in [1.29, 1.82) is 0 Å². The molecule has 2 N–H and O–H groups in total. The van der Waals surface area contributed by atoms with Crippen LogP contribution in [0.15, 0.2) is 18.6 Å². The van der Waals surface area contributed by atoms with Gasteiger partial charge in [-0.2, -0.15) is 0 Å². The summed E-state index contributed by atoms with van der Waals surface area (Å²) < 4.78 is 0. The summed E-state index contributed by atoms with van der Waals surface area (Å²) in [4.78, 5) is 8.49. The Kier molecular flexibility index (Phi) is 2.77. The summed E-state index contributed by atoms with van der Waals surface area (Å²) in [6.07, 6.45) is 8.78. The number of aromatic nitrogens is 2. The van der Waals surface area contributed by atoms with Gasteiger partial charge in [-0.1, -0.05) is 6.92 Å². The molecule has 0 spiro atoms. The van der Waals surface area contributed by atoms with E-state index in [1.807, 2.05) is 6.20 Å². The highest BCUT2D eigenvalue weighted by molar-refractivity contribution is 5.07. The van der Waals surface area contributed by atoms with Crippen LogP contribution in [0.1, 0.15) is 37.8 Å². The standard InChI is InChI=1S/C11H17N3/c1-8-2-3-9(12)6-10(8)11-7-13-4-5-14-11/h4-5,7-10H,2-3,6,12H2,1H3. The van der Waals surface area contributed by atoms with Crippen LogP contribution in [0.5, 0.6) is 0 Å². The molecule has 0 radical (unpaired) electrons. The molecule has 0 bridgehead atoms. The van der Waals surface area contributed by atoms with Crippen molar-refractivity contribution in [2.75, 3.05) is 0 Å². The van der Waals surface area contributed by atoms with Crippen LogP contribution in [0, 0.1) is 5.92 Å². The average molecular weight is 191 g/mol. The highest BCUT2D eigenvalue weighted by Gasteiger charge is 2.27. The molecule has 76 valence electrons. The van der Waals surface area contributed by atoms with Gasteiger partial charge < -0.3 is 5.73 Å². The monoisotopic (exact) mass is 191 g/mol. The Morgan fingerprint density at radius 3 is 2.93 bits per heavy atom. The van der Waals surface area contributed by atoms with Crippen molar-refractivity contribution >= 4 is 0 Å². The van der Waals surface area contributed by atoms with E-state index in [1.54, 1.807) is 12.4 Å². The summed E-state index contributed by atoms with van der Waals surface area (Å²) in [7, 11) is 0. The summed E-state index contributed by atoms with van der Waals surface area (Å²) in [5.41, 5.74) is 7.08. The lowest BCUT2D eigenvalue weighted by atomic mass is 9.77. The molecule has 3 atom stereocenters. The normalized spacial score (nSPS) is 32.9. The van der Waals surface area contributed by atoms with Crippen molar-refractivity contribution in [3.8, 4) is 0 Å². The van der Waals surface area contributed by atoms with E-state index in [0.29, 0.717) is 17.9 Å². The largest absolute Gasteiger partial charge is 0.328 e. The zero-order valence-corrected chi connectivity index (χ0v) is 8.56. The van der Waals surface area contributed by atoms with Gasteiger partial charge in [-0.05, 0) is 25.2 Å². The van der Waals surface area contributed by atoms with Crippen LogP contribution in [0.25, 0.3) is 0 Å². The molecule has 0 saturated heterocycles. The summed E-state index contributed by atoms with van der Waals surface area (Å²) in [5.74, 6) is 1.19. The molecule has 1 aliphatic carbocycles. The van der Waals surface area contributed by atoms with Crippen LogP contribution in [0.3, 0.4) is 0 Å². The Hall–Kier alpha value is -0.960. The summed E-state index contributed by atoms with van der Waals surface area (Å²) >= 11 is 0. The predicted octanol–water partition coefficient (Wildman–Crippen LogP) is 1.71. The molecular weight excluding hydrogens is 174 g/mol. The minimum absolute atomic E-state index is 0.346. The van der Waals surface area contributed by atoms with Gasteiger partial charge >= 0.3 is 0 Å². The molecule has 0 aromatic carbocycles. The van der Waals surface area contributed by atoms with Crippen molar-refractivity contribution in [2.45, 2.75) is 38.1 Å². The van der Waals surface area contributed by atoms with Crippen LogP contribution < -0.4 is 5.73 Å². The fourth-order valence-corrected chi connectivity index (χ4v) is 2.27. The molecule has 1 aromatic rings. The Balaban J connectivity index is 2.16. The highest BCUT2D eigenvalue weighted by Crippen LogP contribution is 2.35. The van der Waals surface area contributed by atoms with E-state index in [2.05, 4.69) is 16.9 Å². The number of nitrogens with two attached hydrogens (primary N) is 1. The van der Waals surface area contributed by atoms with Gasteiger partial charge in [-0.15, -0.1) is 0 Å². The fraction of sp³-hybridized carbons (Fsp3) is 0.636. The lowest BCUT2D eigenvalue weighted by molar-refractivity contribution is 0.295. The van der Waals surface area contributed by atoms with Crippen molar-refractivity contribution in [3.05, 3.63) is 24.3 Å². The minimum Gasteiger partial charge on any atom is -0.328 e. The Bertz CT molecular complexity index is 286. The van der Waals surface area contributed by atoms with Crippen LogP contribution in [0.4, 0.5) is 0 Å². The topological polar surface area (TPSA) is 51.8 Å². The van der Waals surface area contributed by atoms with Gasteiger partial charge in [0.25, 0.3) is 0 Å². The van der Waals surface area contributed by atoms with E-state index in [0.717, 1.165) is 18.5 Å². The number of rotatable bonds is 1. The van der Waals surface area contributed by atoms with Crippen LogP contribution in [0.2, 0.25) is 0 Å². The average Bonchev–Trinajstić information content (AvgIpc) is 2.23. The summed E-state index contributed by atoms with van der Waals surface area (Å²) in [6.45, 7) is 2.28. The molecule has 1 saturated carbocycles. The van der Waals surface area contributed by atoms with Crippen molar-refractivity contribution in [3.63, 3.8) is 0 Å². The molecule has 0 aliphatic heterocycles. The molecule has 3 heteroatoms. The van der Waals surface area contributed by atoms with Gasteiger partial charge in [0.1, 0.15) is 0 Å². The van der Waals surface area contributed by atoms with Gasteiger partial charge in [0.05, 0.1) is 5.69 Å². The predicted molar refractivity (Wildman–Crippen MR) is 55.8 cm³/mol. The molecular formula is C11H17N3. The zero-order valence-electron chi connectivity index (χ0n) is 8.56. The van der Waals surface area contributed by atoms with E-state index >= 15 is 0 Å². The van der Waals surface area contributed by atoms with Gasteiger partial charge in [-0.3, -0.25) is 9.97 Å². The highest BCUT2D eigenvalue weighted by atomic mass is 14.8. The third kappa shape index (κ3) is 1.93. The second-order valence-corrected chi connectivity index (χ2v) is 4.29. The fourth-order valence-electron chi connectivity index (χ4n) is 2.27. The first-order valence-corrected chi connectivity index (χ1v) is 5.29. The lowest BCUT2D eigenvalue weighted by Gasteiger charge is -2.31. The number of hydrogen-bond donors (Lipinski definition) is 1. The number of nitrogens with zero attached hydrogens (tertiary/aromatic N) is 2. The third-order valence-corrected chi connectivity index (χ3v) is 3.20. The van der Waals surface area contributed by atoms with Crippen LogP contribution in [-0.2, 0) is 0 Å². The van der Waals surface area contributed by atoms with Gasteiger partial charge in [0.2, 0.25) is 0 Å². The Morgan fingerprint density at radius 2 is 2.21 bits per heavy atom. The Labute approximate surface area is 84.8 Å². The Morgan fingerprint density at radius 1 is 1.36 bits per heavy atom. The zero-order chi connectivity index (χ0) is 9.97. The third-order valence-electron chi connectivity index (χ3n) is 3.20. The summed E-state index contributed by atoms with van der Waals surface area (Å²) in [5, 5.41) is 0. The maximum atomic E-state index is 5.98. The van der Waals surface area contributed by atoms with Crippen molar-refractivity contribution in [1.82, 2.24) is 9.97 Å². The van der Waals surface area contributed by atoms with Gasteiger partial charge in [-0.25, -0.2) is 0 Å².